The van der Waals surface area contributed by atoms with Crippen LogP contribution >= 0.6 is 23.1 Å². The summed E-state index contributed by atoms with van der Waals surface area (Å²) < 4.78 is 42.8. The van der Waals surface area contributed by atoms with E-state index in [1.165, 1.54) is 0 Å². The van der Waals surface area contributed by atoms with Crippen molar-refractivity contribution in [3.8, 4) is 11.5 Å². The number of aryl methyl sites for hydroxylation is 1. The average molecular weight is 401 g/mol. The van der Waals surface area contributed by atoms with Gasteiger partial charge in [0.15, 0.2) is 0 Å². The fourth-order valence-electron chi connectivity index (χ4n) is 1.83. The monoisotopic (exact) mass is 401 g/mol. The summed E-state index contributed by atoms with van der Waals surface area (Å²) in [6.45, 7) is 1.93. The van der Waals surface area contributed by atoms with Crippen LogP contribution in [0.4, 0.5) is 18.3 Å². The summed E-state index contributed by atoms with van der Waals surface area (Å²) in [5, 5.41) is 15.1. The first-order valence-corrected chi connectivity index (χ1v) is 8.85. The Kier molecular flexibility index (Phi) is 5.23. The maximum Gasteiger partial charge on any atom is 0.445 e. The van der Waals surface area contributed by atoms with Gasteiger partial charge in [-0.2, -0.15) is 13.2 Å². The van der Waals surface area contributed by atoms with E-state index in [2.05, 4.69) is 25.7 Å². The van der Waals surface area contributed by atoms with Gasteiger partial charge < -0.3 is 4.42 Å². The summed E-state index contributed by atoms with van der Waals surface area (Å²) in [6.07, 6.45) is -4.59. The van der Waals surface area contributed by atoms with Crippen LogP contribution < -0.4 is 5.32 Å². The van der Waals surface area contributed by atoms with Gasteiger partial charge in [-0.3, -0.25) is 10.1 Å². The number of rotatable bonds is 5. The van der Waals surface area contributed by atoms with E-state index < -0.39 is 17.1 Å². The molecule has 0 spiro atoms. The van der Waals surface area contributed by atoms with Crippen LogP contribution in [0.3, 0.4) is 0 Å². The summed E-state index contributed by atoms with van der Waals surface area (Å²) in [7, 11) is 0. The lowest BCUT2D eigenvalue weighted by Gasteiger charge is -1.99. The van der Waals surface area contributed by atoms with Crippen LogP contribution in [0.2, 0.25) is 0 Å². The highest BCUT2D eigenvalue weighted by Crippen LogP contribution is 2.33. The number of carbonyl (C=O) groups excluding carboxylic acids is 1. The van der Waals surface area contributed by atoms with Gasteiger partial charge in [-0.25, -0.2) is 0 Å². The number of alkyl halides is 3. The molecule has 136 valence electrons. The molecule has 12 heteroatoms. The van der Waals surface area contributed by atoms with Crippen molar-refractivity contribution in [3.05, 3.63) is 34.8 Å². The first-order chi connectivity index (χ1) is 12.3. The van der Waals surface area contributed by atoms with Crippen molar-refractivity contribution in [2.24, 2.45) is 0 Å². The molecule has 1 N–H and O–H groups in total. The number of amides is 1. The number of nitrogens with zero attached hydrogens (tertiary/aromatic N) is 4. The molecule has 0 atom stereocenters. The lowest BCUT2D eigenvalue weighted by Crippen LogP contribution is -2.13. The van der Waals surface area contributed by atoms with Crippen LogP contribution in [0.15, 0.2) is 33.9 Å². The third-order valence-electron chi connectivity index (χ3n) is 2.91. The minimum atomic E-state index is -4.59. The Labute approximate surface area is 153 Å². The highest BCUT2D eigenvalue weighted by Gasteiger charge is 2.35. The van der Waals surface area contributed by atoms with E-state index in [-0.39, 0.29) is 27.4 Å². The second-order valence-corrected chi connectivity index (χ2v) is 6.89. The number of aromatic nitrogens is 4. The third kappa shape index (κ3) is 4.58. The van der Waals surface area contributed by atoms with Crippen molar-refractivity contribution < 1.29 is 22.4 Å². The van der Waals surface area contributed by atoms with Gasteiger partial charge >= 0.3 is 6.18 Å². The first-order valence-electron chi connectivity index (χ1n) is 7.05. The number of hydrogen-bond acceptors (Lipinski definition) is 8. The fraction of sp³-hybridized carbons (Fsp3) is 0.214. The SMILES string of the molecule is Cc1cccc(-c2nnc(SCC(=O)Nc3nnc(C(F)(F)F)s3)o2)c1. The van der Waals surface area contributed by atoms with Crippen molar-refractivity contribution in [1.82, 2.24) is 20.4 Å². The molecule has 0 fully saturated rings. The molecule has 26 heavy (non-hydrogen) atoms. The van der Waals surface area contributed by atoms with E-state index in [1.807, 2.05) is 31.2 Å². The van der Waals surface area contributed by atoms with Crippen molar-refractivity contribution in [2.45, 2.75) is 18.3 Å². The van der Waals surface area contributed by atoms with Gasteiger partial charge in [-0.05, 0) is 19.1 Å². The third-order valence-corrected chi connectivity index (χ3v) is 4.61. The van der Waals surface area contributed by atoms with Crippen LogP contribution in [0.1, 0.15) is 10.6 Å². The van der Waals surface area contributed by atoms with Crippen molar-refractivity contribution in [1.29, 1.82) is 0 Å². The predicted molar refractivity (Wildman–Crippen MR) is 88.7 cm³/mol. The summed E-state index contributed by atoms with van der Waals surface area (Å²) in [5.41, 5.74) is 1.78. The molecule has 1 aromatic carbocycles. The standard InChI is InChI=1S/C14H10F3N5O2S2/c1-7-3-2-4-8(5-7)10-19-22-13(24-10)25-6-9(23)18-12-21-20-11(26-12)14(15,16)17/h2-5H,6H2,1H3,(H,18,21,23). The molecule has 0 unspecified atom stereocenters. The van der Waals surface area contributed by atoms with E-state index in [9.17, 15) is 18.0 Å². The first kappa shape index (κ1) is 18.3. The van der Waals surface area contributed by atoms with Gasteiger partial charge in [0.05, 0.1) is 5.75 Å². The van der Waals surface area contributed by atoms with Gasteiger partial charge in [0.2, 0.25) is 21.9 Å². The molecule has 2 aromatic heterocycles. The lowest BCUT2D eigenvalue weighted by atomic mass is 10.1. The molecule has 0 saturated heterocycles. The molecule has 0 bridgehead atoms. The number of halogens is 3. The average Bonchev–Trinajstić information content (AvgIpc) is 3.22. The van der Waals surface area contributed by atoms with Crippen LogP contribution in [0.5, 0.6) is 0 Å². The molecule has 0 aliphatic rings. The maximum absolute atomic E-state index is 12.4. The fourth-order valence-corrected chi connectivity index (χ4v) is 3.02. The van der Waals surface area contributed by atoms with E-state index in [0.717, 1.165) is 22.9 Å². The Balaban J connectivity index is 1.56. The smallest absolute Gasteiger partial charge is 0.411 e. The zero-order valence-corrected chi connectivity index (χ0v) is 14.7. The normalized spacial score (nSPS) is 11.5. The quantitative estimate of drug-likeness (QED) is 0.652. The highest BCUT2D eigenvalue weighted by atomic mass is 32.2. The van der Waals surface area contributed by atoms with E-state index in [4.69, 9.17) is 4.42 Å². The number of nitrogens with one attached hydrogen (secondary N) is 1. The number of anilines is 1. The van der Waals surface area contributed by atoms with Crippen molar-refractivity contribution in [3.63, 3.8) is 0 Å². The van der Waals surface area contributed by atoms with Gasteiger partial charge in [0.1, 0.15) is 0 Å². The number of thioether (sulfide) groups is 1. The summed E-state index contributed by atoms with van der Waals surface area (Å²) in [6, 6.07) is 7.47. The van der Waals surface area contributed by atoms with Crippen molar-refractivity contribution in [2.75, 3.05) is 11.1 Å². The molecular formula is C14H10F3N5O2S2. The number of carbonyl (C=O) groups is 1. The molecule has 0 radical (unpaired) electrons. The lowest BCUT2D eigenvalue weighted by molar-refractivity contribution is -0.138. The van der Waals surface area contributed by atoms with E-state index in [1.54, 1.807) is 0 Å². The molecule has 0 aliphatic carbocycles. The Morgan fingerprint density at radius 3 is 2.77 bits per heavy atom. The predicted octanol–water partition coefficient (Wildman–Crippen LogP) is 3.65. The van der Waals surface area contributed by atoms with Crippen LogP contribution in [0, 0.1) is 6.92 Å². The second kappa shape index (κ2) is 7.41. The van der Waals surface area contributed by atoms with Gasteiger partial charge in [0.25, 0.3) is 5.22 Å². The molecule has 0 aliphatic heterocycles. The zero-order chi connectivity index (χ0) is 18.7. The van der Waals surface area contributed by atoms with Gasteiger partial charge in [-0.1, -0.05) is 40.8 Å². The Hall–Kier alpha value is -2.47. The van der Waals surface area contributed by atoms with Gasteiger partial charge in [-0.15, -0.1) is 20.4 Å². The van der Waals surface area contributed by atoms with Crippen LogP contribution in [-0.4, -0.2) is 32.1 Å². The molecule has 2 heterocycles. The molecule has 3 rings (SSSR count). The number of benzene rings is 1. The Morgan fingerprint density at radius 1 is 1.27 bits per heavy atom. The Morgan fingerprint density at radius 2 is 2.08 bits per heavy atom. The minimum absolute atomic E-state index is 0.129. The molecule has 0 saturated carbocycles. The molecule has 1 amide bonds. The Bertz CT molecular complexity index is 925. The maximum atomic E-state index is 12.4. The largest absolute Gasteiger partial charge is 0.445 e. The second-order valence-electron chi connectivity index (χ2n) is 4.99. The zero-order valence-electron chi connectivity index (χ0n) is 13.1. The highest BCUT2D eigenvalue weighted by molar-refractivity contribution is 7.99. The summed E-state index contributed by atoms with van der Waals surface area (Å²) >= 11 is 1.21. The molecular weight excluding hydrogens is 391 g/mol. The topological polar surface area (TPSA) is 93.8 Å². The molecule has 3 aromatic rings. The van der Waals surface area contributed by atoms with Crippen LogP contribution in [0.25, 0.3) is 11.5 Å². The minimum Gasteiger partial charge on any atom is -0.411 e. The van der Waals surface area contributed by atoms with Crippen LogP contribution in [-0.2, 0) is 11.0 Å². The van der Waals surface area contributed by atoms with Crippen molar-refractivity contribution >= 4 is 34.1 Å². The summed E-state index contributed by atoms with van der Waals surface area (Å²) in [5.74, 6) is -0.373. The number of hydrogen-bond donors (Lipinski definition) is 1. The summed E-state index contributed by atoms with van der Waals surface area (Å²) in [4.78, 5) is 11.8. The van der Waals surface area contributed by atoms with Gasteiger partial charge in [0, 0.05) is 5.56 Å². The molecule has 7 nitrogen and oxygen atoms in total. The van der Waals surface area contributed by atoms with E-state index in [0.29, 0.717) is 5.89 Å². The van der Waals surface area contributed by atoms with E-state index >= 15 is 0 Å².